The zero-order valence-corrected chi connectivity index (χ0v) is 20.6. The van der Waals surface area contributed by atoms with Crippen LogP contribution in [-0.2, 0) is 9.53 Å². The summed E-state index contributed by atoms with van der Waals surface area (Å²) in [6.45, 7) is 6.40. The van der Waals surface area contributed by atoms with Gasteiger partial charge in [-0.05, 0) is 81.0 Å². The van der Waals surface area contributed by atoms with Gasteiger partial charge >= 0.3 is 5.97 Å². The third kappa shape index (κ3) is 4.29. The minimum atomic E-state index is -0.301. The maximum atomic E-state index is 12.4. The van der Waals surface area contributed by atoms with Gasteiger partial charge in [0, 0.05) is 27.7 Å². The number of pyridine rings is 1. The third-order valence-electron chi connectivity index (χ3n) is 5.68. The molecule has 1 aromatic carbocycles. The highest BCUT2D eigenvalue weighted by Gasteiger charge is 2.42. The van der Waals surface area contributed by atoms with Crippen molar-refractivity contribution in [3.63, 3.8) is 0 Å². The number of rotatable bonds is 6. The summed E-state index contributed by atoms with van der Waals surface area (Å²) in [5.41, 5.74) is 5.25. The summed E-state index contributed by atoms with van der Waals surface area (Å²) in [4.78, 5) is 18.9. The minimum absolute atomic E-state index is 0.0790. The Morgan fingerprint density at radius 2 is 1.97 bits per heavy atom. The molecule has 0 radical (unpaired) electrons. The quantitative estimate of drug-likeness (QED) is 0.378. The van der Waals surface area contributed by atoms with Gasteiger partial charge in [-0.25, -0.2) is 0 Å². The van der Waals surface area contributed by atoms with Gasteiger partial charge in [0.15, 0.2) is 5.11 Å². The van der Waals surface area contributed by atoms with Gasteiger partial charge in [0.2, 0.25) is 0 Å². The Balaban J connectivity index is 1.80. The molecule has 3 heterocycles. The van der Waals surface area contributed by atoms with Crippen LogP contribution in [0.4, 0.5) is 0 Å². The topological polar surface area (TPSA) is 59.4 Å². The molecular weight excluding hydrogens is 488 g/mol. The number of hydrogen-bond donors (Lipinski definition) is 1. The van der Waals surface area contributed by atoms with Gasteiger partial charge in [-0.2, -0.15) is 0 Å². The lowest BCUT2D eigenvalue weighted by Crippen LogP contribution is -2.35. The van der Waals surface area contributed by atoms with Gasteiger partial charge < -0.3 is 19.5 Å². The molecule has 0 aliphatic carbocycles. The number of aryl methyl sites for hydroxylation is 1. The second kappa shape index (κ2) is 9.42. The summed E-state index contributed by atoms with van der Waals surface area (Å²) in [5, 5.41) is 3.91. The van der Waals surface area contributed by atoms with E-state index in [2.05, 4.69) is 62.8 Å². The van der Waals surface area contributed by atoms with Crippen LogP contribution >= 0.6 is 28.1 Å². The molecule has 8 heteroatoms. The Labute approximate surface area is 201 Å². The molecule has 1 fully saturated rings. The van der Waals surface area contributed by atoms with Gasteiger partial charge in [0.05, 0.1) is 24.4 Å². The van der Waals surface area contributed by atoms with Crippen molar-refractivity contribution in [1.29, 1.82) is 0 Å². The number of halogens is 1. The average Bonchev–Trinajstić information content (AvgIpc) is 3.25. The predicted octanol–water partition coefficient (Wildman–Crippen LogP) is 4.79. The van der Waals surface area contributed by atoms with Crippen LogP contribution in [0.2, 0.25) is 0 Å². The summed E-state index contributed by atoms with van der Waals surface area (Å²) in [6.07, 6.45) is 1.77. The van der Waals surface area contributed by atoms with Crippen molar-refractivity contribution in [2.75, 3.05) is 13.2 Å². The second-order valence-electron chi connectivity index (χ2n) is 7.70. The van der Waals surface area contributed by atoms with Gasteiger partial charge in [-0.15, -0.1) is 0 Å². The van der Waals surface area contributed by atoms with E-state index in [0.717, 1.165) is 32.8 Å². The van der Waals surface area contributed by atoms with Crippen LogP contribution in [0.1, 0.15) is 41.7 Å². The molecule has 0 saturated carbocycles. The highest BCUT2D eigenvalue weighted by atomic mass is 79.9. The summed E-state index contributed by atoms with van der Waals surface area (Å²) in [5.74, 6) is -0.301. The first-order valence-corrected chi connectivity index (χ1v) is 11.7. The van der Waals surface area contributed by atoms with E-state index in [1.165, 1.54) is 0 Å². The minimum Gasteiger partial charge on any atom is -0.465 e. The SMILES string of the molecule is CCOC(=O)CN1C(=S)N[C@@H](c2ccccn2)[C@@H]1c1cc(C)n(-c2ccc(Br)cc2)c1C. The van der Waals surface area contributed by atoms with Crippen LogP contribution in [0.5, 0.6) is 0 Å². The summed E-state index contributed by atoms with van der Waals surface area (Å²) >= 11 is 9.16. The zero-order valence-electron chi connectivity index (χ0n) is 18.2. The van der Waals surface area contributed by atoms with E-state index >= 15 is 0 Å². The van der Waals surface area contributed by atoms with Gasteiger partial charge in [0.25, 0.3) is 0 Å². The fourth-order valence-electron chi connectivity index (χ4n) is 4.33. The first-order valence-electron chi connectivity index (χ1n) is 10.5. The van der Waals surface area contributed by atoms with E-state index in [-0.39, 0.29) is 24.6 Å². The Bertz CT molecular complexity index is 1130. The maximum Gasteiger partial charge on any atom is 0.325 e. The monoisotopic (exact) mass is 512 g/mol. The zero-order chi connectivity index (χ0) is 22.8. The molecule has 4 rings (SSSR count). The predicted molar refractivity (Wildman–Crippen MR) is 132 cm³/mol. The van der Waals surface area contributed by atoms with Crippen molar-refractivity contribution < 1.29 is 9.53 Å². The van der Waals surface area contributed by atoms with Crippen molar-refractivity contribution in [1.82, 2.24) is 19.8 Å². The number of benzene rings is 1. The Kier molecular flexibility index (Phi) is 6.62. The molecule has 2 atom stereocenters. The molecule has 1 saturated heterocycles. The Morgan fingerprint density at radius 1 is 1.22 bits per heavy atom. The fraction of sp³-hybridized carbons (Fsp3) is 0.292. The smallest absolute Gasteiger partial charge is 0.325 e. The third-order valence-corrected chi connectivity index (χ3v) is 6.56. The molecule has 0 unspecified atom stereocenters. The van der Waals surface area contributed by atoms with Crippen molar-refractivity contribution in [3.8, 4) is 5.69 Å². The lowest BCUT2D eigenvalue weighted by Gasteiger charge is -2.27. The van der Waals surface area contributed by atoms with Crippen LogP contribution in [0.25, 0.3) is 5.69 Å². The van der Waals surface area contributed by atoms with E-state index in [1.54, 1.807) is 13.1 Å². The molecule has 2 aromatic heterocycles. The van der Waals surface area contributed by atoms with Crippen molar-refractivity contribution >= 4 is 39.2 Å². The van der Waals surface area contributed by atoms with E-state index in [1.807, 2.05) is 35.2 Å². The van der Waals surface area contributed by atoms with Gasteiger partial charge in [-0.3, -0.25) is 9.78 Å². The normalized spacial score (nSPS) is 18.0. The molecule has 1 aliphatic heterocycles. The van der Waals surface area contributed by atoms with Gasteiger partial charge in [0.1, 0.15) is 6.54 Å². The number of nitrogens with zero attached hydrogens (tertiary/aromatic N) is 3. The fourth-order valence-corrected chi connectivity index (χ4v) is 4.90. The number of hydrogen-bond acceptors (Lipinski definition) is 4. The molecule has 1 aliphatic rings. The van der Waals surface area contributed by atoms with Gasteiger partial charge in [-0.1, -0.05) is 22.0 Å². The first-order chi connectivity index (χ1) is 15.4. The second-order valence-corrected chi connectivity index (χ2v) is 9.00. The molecule has 3 aromatic rings. The highest BCUT2D eigenvalue weighted by Crippen LogP contribution is 2.41. The molecule has 1 N–H and O–H groups in total. The average molecular weight is 513 g/mol. The van der Waals surface area contributed by atoms with Crippen LogP contribution in [0, 0.1) is 13.8 Å². The largest absolute Gasteiger partial charge is 0.465 e. The number of aromatic nitrogens is 2. The standard InChI is InChI=1S/C24H25BrN4O2S/c1-4-31-21(30)14-28-23(22(27-24(28)32)20-7-5-6-12-26-20)19-13-15(2)29(16(19)3)18-10-8-17(25)9-11-18/h5-13,22-23H,4,14H2,1-3H3,(H,27,32)/t22-,23-/m0/s1. The van der Waals surface area contributed by atoms with E-state index in [9.17, 15) is 4.79 Å². The molecule has 0 bridgehead atoms. The number of carbonyl (C=O) groups excluding carboxylic acids is 1. The summed E-state index contributed by atoms with van der Waals surface area (Å²) < 4.78 is 8.48. The molecule has 0 amide bonds. The first kappa shape index (κ1) is 22.5. The lowest BCUT2D eigenvalue weighted by atomic mass is 9.97. The van der Waals surface area contributed by atoms with Crippen molar-refractivity contribution in [2.45, 2.75) is 32.9 Å². The number of esters is 1. The number of ether oxygens (including phenoxy) is 1. The van der Waals surface area contributed by atoms with E-state index < -0.39 is 0 Å². The number of thiocarbonyl (C=S) groups is 1. The Morgan fingerprint density at radius 3 is 2.62 bits per heavy atom. The Hall–Kier alpha value is -2.71. The molecule has 0 spiro atoms. The highest BCUT2D eigenvalue weighted by molar-refractivity contribution is 9.10. The molecule has 6 nitrogen and oxygen atoms in total. The van der Waals surface area contributed by atoms with Crippen LogP contribution in [-0.4, -0.2) is 38.7 Å². The maximum absolute atomic E-state index is 12.4. The van der Waals surface area contributed by atoms with Crippen molar-refractivity contribution in [2.24, 2.45) is 0 Å². The van der Waals surface area contributed by atoms with E-state index in [0.29, 0.717) is 11.7 Å². The molecule has 166 valence electrons. The van der Waals surface area contributed by atoms with Crippen LogP contribution < -0.4 is 5.32 Å². The lowest BCUT2D eigenvalue weighted by molar-refractivity contribution is -0.143. The number of nitrogens with one attached hydrogen (secondary N) is 1. The molecular formula is C24H25BrN4O2S. The van der Waals surface area contributed by atoms with Crippen molar-refractivity contribution in [3.05, 3.63) is 81.8 Å². The number of carbonyl (C=O) groups is 1. The molecule has 32 heavy (non-hydrogen) atoms. The van der Waals surface area contributed by atoms with Crippen LogP contribution in [0.15, 0.2) is 59.2 Å². The summed E-state index contributed by atoms with van der Waals surface area (Å²) in [7, 11) is 0. The van der Waals surface area contributed by atoms with E-state index in [4.69, 9.17) is 17.0 Å². The van der Waals surface area contributed by atoms with Crippen LogP contribution in [0.3, 0.4) is 0 Å². The summed E-state index contributed by atoms with van der Waals surface area (Å²) in [6, 6.07) is 15.9.